The molecular weight excluding hydrogens is 428 g/mol. The Labute approximate surface area is 200 Å². The van der Waals surface area contributed by atoms with E-state index in [9.17, 15) is 9.59 Å². The summed E-state index contributed by atoms with van der Waals surface area (Å²) in [5.74, 6) is 2.11. The molecule has 0 bridgehead atoms. The first kappa shape index (κ1) is 23.4. The lowest BCUT2D eigenvalue weighted by molar-refractivity contribution is -0.137. The van der Waals surface area contributed by atoms with Gasteiger partial charge >= 0.3 is 0 Å². The van der Waals surface area contributed by atoms with Crippen LogP contribution in [0, 0.1) is 5.92 Å². The van der Waals surface area contributed by atoms with Gasteiger partial charge in [0.25, 0.3) is 5.91 Å². The van der Waals surface area contributed by atoms with Gasteiger partial charge in [-0.05, 0) is 61.7 Å². The van der Waals surface area contributed by atoms with Gasteiger partial charge in [0, 0.05) is 19.0 Å². The molecule has 3 aromatic carbocycles. The van der Waals surface area contributed by atoms with E-state index in [2.05, 4.69) is 5.32 Å². The number of piperidine rings is 1. The molecule has 2 amide bonds. The van der Waals surface area contributed by atoms with Crippen molar-refractivity contribution >= 4 is 11.8 Å². The maximum atomic E-state index is 12.8. The molecule has 6 nitrogen and oxygen atoms in total. The summed E-state index contributed by atoms with van der Waals surface area (Å²) in [6, 6.07) is 26.6. The number of carbonyl (C=O) groups is 2. The van der Waals surface area contributed by atoms with Crippen LogP contribution >= 0.6 is 0 Å². The molecule has 176 valence electrons. The Morgan fingerprint density at radius 2 is 1.41 bits per heavy atom. The summed E-state index contributed by atoms with van der Waals surface area (Å²) in [6.07, 6.45) is 1.30. The molecule has 0 aliphatic carbocycles. The number of hydrogen-bond donors (Lipinski definition) is 1. The smallest absolute Gasteiger partial charge is 0.260 e. The van der Waals surface area contributed by atoms with Crippen molar-refractivity contribution in [2.24, 2.45) is 5.92 Å². The van der Waals surface area contributed by atoms with Crippen molar-refractivity contribution < 1.29 is 19.1 Å². The van der Waals surface area contributed by atoms with E-state index in [1.807, 2.05) is 91.9 Å². The monoisotopic (exact) mass is 458 g/mol. The molecule has 1 atom stereocenters. The lowest BCUT2D eigenvalue weighted by Crippen LogP contribution is -2.44. The van der Waals surface area contributed by atoms with Crippen molar-refractivity contribution in [3.8, 4) is 17.2 Å². The summed E-state index contributed by atoms with van der Waals surface area (Å²) < 4.78 is 11.4. The summed E-state index contributed by atoms with van der Waals surface area (Å²) in [5, 5.41) is 3.12. The molecule has 1 aliphatic heterocycles. The molecule has 6 heteroatoms. The van der Waals surface area contributed by atoms with Crippen LogP contribution in [0.4, 0.5) is 0 Å². The number of benzene rings is 3. The van der Waals surface area contributed by atoms with Gasteiger partial charge in [0.1, 0.15) is 17.2 Å². The Kier molecular flexibility index (Phi) is 7.81. The van der Waals surface area contributed by atoms with Gasteiger partial charge in [0.05, 0.1) is 6.04 Å². The Morgan fingerprint density at radius 1 is 0.853 bits per heavy atom. The molecule has 1 saturated heterocycles. The van der Waals surface area contributed by atoms with Crippen LogP contribution < -0.4 is 14.8 Å². The first-order valence-corrected chi connectivity index (χ1v) is 11.7. The van der Waals surface area contributed by atoms with Gasteiger partial charge in [-0.15, -0.1) is 0 Å². The maximum absolute atomic E-state index is 12.8. The van der Waals surface area contributed by atoms with Crippen LogP contribution in [0.5, 0.6) is 17.2 Å². The highest BCUT2D eigenvalue weighted by atomic mass is 16.5. The molecule has 1 unspecified atom stereocenters. The SMILES string of the molecule is CC(NC(=O)C1CCN(C(=O)COc2ccccc2)CC1)c1ccc(Oc2ccccc2)cc1. The highest BCUT2D eigenvalue weighted by molar-refractivity contribution is 5.81. The molecule has 1 fully saturated rings. The largest absolute Gasteiger partial charge is 0.484 e. The zero-order chi connectivity index (χ0) is 23.8. The standard InChI is InChI=1S/C28H30N2O4/c1-21(22-12-14-26(15-13-22)34-25-10-6-3-7-11-25)29-28(32)23-16-18-30(19-17-23)27(31)20-33-24-8-4-2-5-9-24/h2-15,21,23H,16-20H2,1H3,(H,29,32). The van der Waals surface area contributed by atoms with Gasteiger partial charge in [-0.25, -0.2) is 0 Å². The van der Waals surface area contributed by atoms with Crippen LogP contribution in [0.15, 0.2) is 84.9 Å². The van der Waals surface area contributed by atoms with Crippen LogP contribution in [0.3, 0.4) is 0 Å². The Bertz CT molecular complexity index is 1060. The number of ether oxygens (including phenoxy) is 2. The summed E-state index contributed by atoms with van der Waals surface area (Å²) >= 11 is 0. The minimum Gasteiger partial charge on any atom is -0.484 e. The fraction of sp³-hybridized carbons (Fsp3) is 0.286. The fourth-order valence-electron chi connectivity index (χ4n) is 4.01. The molecule has 0 aromatic heterocycles. The van der Waals surface area contributed by atoms with E-state index in [1.165, 1.54) is 0 Å². The van der Waals surface area contributed by atoms with E-state index in [4.69, 9.17) is 9.47 Å². The maximum Gasteiger partial charge on any atom is 0.260 e. The molecule has 0 saturated carbocycles. The van der Waals surface area contributed by atoms with Crippen LogP contribution in [0.2, 0.25) is 0 Å². The van der Waals surface area contributed by atoms with Gasteiger partial charge in [0.2, 0.25) is 5.91 Å². The normalized spacial score (nSPS) is 14.8. The summed E-state index contributed by atoms with van der Waals surface area (Å²) in [6.45, 7) is 3.12. The molecule has 1 N–H and O–H groups in total. The van der Waals surface area contributed by atoms with Crippen molar-refractivity contribution in [1.29, 1.82) is 0 Å². The van der Waals surface area contributed by atoms with Crippen molar-refractivity contribution in [1.82, 2.24) is 10.2 Å². The second-order valence-corrected chi connectivity index (χ2v) is 8.47. The zero-order valence-corrected chi connectivity index (χ0v) is 19.4. The fourth-order valence-corrected chi connectivity index (χ4v) is 4.01. The first-order chi connectivity index (χ1) is 16.6. The molecule has 34 heavy (non-hydrogen) atoms. The van der Waals surface area contributed by atoms with Gasteiger partial charge in [-0.2, -0.15) is 0 Å². The predicted octanol–water partition coefficient (Wildman–Crippen LogP) is 4.97. The Balaban J connectivity index is 1.21. The summed E-state index contributed by atoms with van der Waals surface area (Å²) in [5.41, 5.74) is 1.01. The minimum atomic E-state index is -0.114. The Hall–Kier alpha value is -3.80. The predicted molar refractivity (Wildman–Crippen MR) is 131 cm³/mol. The molecular formula is C28H30N2O4. The molecule has 3 aromatic rings. The van der Waals surface area contributed by atoms with E-state index in [0.29, 0.717) is 31.7 Å². The number of para-hydroxylation sites is 2. The first-order valence-electron chi connectivity index (χ1n) is 11.7. The van der Waals surface area contributed by atoms with Crippen LogP contribution in [0.1, 0.15) is 31.4 Å². The zero-order valence-electron chi connectivity index (χ0n) is 19.4. The minimum absolute atomic E-state index is 0.0158. The third-order valence-corrected chi connectivity index (χ3v) is 6.04. The van der Waals surface area contributed by atoms with Crippen molar-refractivity contribution in [3.63, 3.8) is 0 Å². The van der Waals surface area contributed by atoms with E-state index >= 15 is 0 Å². The second-order valence-electron chi connectivity index (χ2n) is 8.47. The number of likely N-dealkylation sites (tertiary alicyclic amines) is 1. The number of rotatable bonds is 8. The highest BCUT2D eigenvalue weighted by Crippen LogP contribution is 2.24. The van der Waals surface area contributed by atoms with Gasteiger partial charge in [0.15, 0.2) is 6.61 Å². The average molecular weight is 459 g/mol. The number of nitrogens with one attached hydrogen (secondary N) is 1. The number of nitrogens with zero attached hydrogens (tertiary/aromatic N) is 1. The average Bonchev–Trinajstić information content (AvgIpc) is 2.89. The molecule has 0 radical (unpaired) electrons. The van der Waals surface area contributed by atoms with Crippen molar-refractivity contribution in [2.75, 3.05) is 19.7 Å². The Morgan fingerprint density at radius 3 is 2.03 bits per heavy atom. The molecule has 4 rings (SSSR count). The lowest BCUT2D eigenvalue weighted by Gasteiger charge is -2.32. The molecule has 1 aliphatic rings. The number of carbonyl (C=O) groups excluding carboxylic acids is 2. The topological polar surface area (TPSA) is 67.9 Å². The van der Waals surface area contributed by atoms with Crippen molar-refractivity contribution in [3.05, 3.63) is 90.5 Å². The van der Waals surface area contributed by atoms with E-state index in [1.54, 1.807) is 4.90 Å². The summed E-state index contributed by atoms with van der Waals surface area (Å²) in [4.78, 5) is 27.0. The van der Waals surface area contributed by atoms with Crippen molar-refractivity contribution in [2.45, 2.75) is 25.8 Å². The third-order valence-electron chi connectivity index (χ3n) is 6.04. The quantitative estimate of drug-likeness (QED) is 0.517. The van der Waals surface area contributed by atoms with Gasteiger partial charge in [-0.1, -0.05) is 48.5 Å². The van der Waals surface area contributed by atoms with Gasteiger partial charge in [-0.3, -0.25) is 9.59 Å². The second kappa shape index (κ2) is 11.4. The van der Waals surface area contributed by atoms with Crippen LogP contribution in [-0.4, -0.2) is 36.4 Å². The number of amides is 2. The van der Waals surface area contributed by atoms with E-state index in [-0.39, 0.29) is 30.4 Å². The van der Waals surface area contributed by atoms with Gasteiger partial charge < -0.3 is 19.7 Å². The summed E-state index contributed by atoms with van der Waals surface area (Å²) in [7, 11) is 0. The molecule has 1 heterocycles. The number of hydrogen-bond acceptors (Lipinski definition) is 4. The molecule has 0 spiro atoms. The van der Waals surface area contributed by atoms with Crippen LogP contribution in [0.25, 0.3) is 0 Å². The van der Waals surface area contributed by atoms with E-state index in [0.717, 1.165) is 17.1 Å². The third kappa shape index (κ3) is 6.38. The van der Waals surface area contributed by atoms with E-state index < -0.39 is 0 Å². The lowest BCUT2D eigenvalue weighted by atomic mass is 9.95. The highest BCUT2D eigenvalue weighted by Gasteiger charge is 2.28. The van der Waals surface area contributed by atoms with Crippen LogP contribution in [-0.2, 0) is 9.59 Å².